The molecule has 37 heavy (non-hydrogen) atoms. The van der Waals surface area contributed by atoms with Gasteiger partial charge in [-0.1, -0.05) is 61.1 Å². The molecule has 0 aliphatic carbocycles. The van der Waals surface area contributed by atoms with E-state index in [1.807, 2.05) is 18.2 Å². The molecule has 0 aromatic rings. The van der Waals surface area contributed by atoms with Crippen molar-refractivity contribution in [2.45, 2.75) is 108 Å². The molecule has 9 atom stereocenters. The van der Waals surface area contributed by atoms with Gasteiger partial charge in [-0.05, 0) is 51.4 Å². The minimum absolute atomic E-state index is 0.0863. The van der Waals surface area contributed by atoms with E-state index in [9.17, 15) is 15.0 Å². The van der Waals surface area contributed by atoms with Crippen LogP contribution in [-0.2, 0) is 23.7 Å². The van der Waals surface area contributed by atoms with Crippen LogP contribution in [0.4, 0.5) is 0 Å². The number of carbonyl (C=O) groups excluding carboxylic acids is 1. The molecule has 1 fully saturated rings. The van der Waals surface area contributed by atoms with Crippen molar-refractivity contribution >= 4 is 5.97 Å². The fourth-order valence-electron chi connectivity index (χ4n) is 5.45. The number of ether oxygens (including phenoxy) is 4. The van der Waals surface area contributed by atoms with Crippen molar-refractivity contribution in [1.82, 2.24) is 0 Å². The molecule has 7 heteroatoms. The van der Waals surface area contributed by atoms with Crippen LogP contribution < -0.4 is 0 Å². The van der Waals surface area contributed by atoms with Gasteiger partial charge in [-0.15, -0.1) is 0 Å². The Morgan fingerprint density at radius 3 is 2.78 bits per heavy atom. The van der Waals surface area contributed by atoms with Crippen molar-refractivity contribution < 1.29 is 34.0 Å². The molecular formula is C30H42O7. The first-order valence-corrected chi connectivity index (χ1v) is 13.6. The predicted octanol–water partition coefficient (Wildman–Crippen LogP) is 4.11. The van der Waals surface area contributed by atoms with Gasteiger partial charge in [-0.2, -0.15) is 0 Å². The van der Waals surface area contributed by atoms with Crippen LogP contribution >= 0.6 is 0 Å². The van der Waals surface area contributed by atoms with Crippen LogP contribution in [0.3, 0.4) is 0 Å². The predicted molar refractivity (Wildman–Crippen MR) is 141 cm³/mol. The normalized spacial score (nSPS) is 39.6. The van der Waals surface area contributed by atoms with Gasteiger partial charge in [-0.3, -0.25) is 0 Å². The van der Waals surface area contributed by atoms with Gasteiger partial charge in [0.2, 0.25) is 0 Å². The van der Waals surface area contributed by atoms with E-state index >= 15 is 0 Å². The first-order chi connectivity index (χ1) is 17.8. The highest BCUT2D eigenvalue weighted by atomic mass is 16.6. The largest absolute Gasteiger partial charge is 0.456 e. The lowest BCUT2D eigenvalue weighted by molar-refractivity contribution is -0.148. The van der Waals surface area contributed by atoms with Crippen molar-refractivity contribution in [1.29, 1.82) is 0 Å². The van der Waals surface area contributed by atoms with Crippen LogP contribution in [0.5, 0.6) is 0 Å². The third-order valence-electron chi connectivity index (χ3n) is 7.44. The number of fused-ring (bicyclic) bond motifs is 3. The second kappa shape index (κ2) is 13.2. The Labute approximate surface area is 220 Å². The van der Waals surface area contributed by atoms with Crippen molar-refractivity contribution in [3.8, 4) is 0 Å². The van der Waals surface area contributed by atoms with Crippen LogP contribution in [-0.4, -0.2) is 71.6 Å². The fraction of sp³-hybridized carbons (Fsp3) is 0.633. The molecule has 7 nitrogen and oxygen atoms in total. The summed E-state index contributed by atoms with van der Waals surface area (Å²) in [5.41, 5.74) is 2.23. The average molecular weight is 515 g/mol. The molecular weight excluding hydrogens is 472 g/mol. The minimum atomic E-state index is -1.03. The SMILES string of the molecule is C=C1C[C@H](C)C[C@@H]2CC=C[C@@H](C/C=C\C(=O)O[C@H]([C@@H](O)/C=C/C3CC(C)=CCO3)C[C@@H]3O[C@H]3[C@@H](O)C1)O2. The summed E-state index contributed by atoms with van der Waals surface area (Å²) in [6.45, 7) is 8.98. The van der Waals surface area contributed by atoms with E-state index in [0.717, 1.165) is 31.3 Å². The summed E-state index contributed by atoms with van der Waals surface area (Å²) in [6, 6.07) is 0. The molecule has 0 radical (unpaired) electrons. The zero-order valence-electron chi connectivity index (χ0n) is 22.0. The Bertz CT molecular complexity index is 919. The zero-order valence-corrected chi connectivity index (χ0v) is 22.0. The molecule has 4 heterocycles. The summed E-state index contributed by atoms with van der Waals surface area (Å²) in [5, 5.41) is 21.7. The second-order valence-corrected chi connectivity index (χ2v) is 11.0. The van der Waals surface area contributed by atoms with Gasteiger partial charge in [0.05, 0.1) is 37.1 Å². The lowest BCUT2D eigenvalue weighted by Crippen LogP contribution is -2.32. The van der Waals surface area contributed by atoms with Gasteiger partial charge in [-0.25, -0.2) is 4.79 Å². The van der Waals surface area contributed by atoms with Crippen molar-refractivity contribution in [3.05, 3.63) is 60.3 Å². The highest BCUT2D eigenvalue weighted by molar-refractivity contribution is 5.82. The molecule has 1 unspecified atom stereocenters. The van der Waals surface area contributed by atoms with Gasteiger partial charge in [0, 0.05) is 12.5 Å². The summed E-state index contributed by atoms with van der Waals surface area (Å²) in [7, 11) is 0. The number of aliphatic hydroxyl groups excluding tert-OH is 2. The molecule has 0 aromatic heterocycles. The van der Waals surface area contributed by atoms with E-state index in [-0.39, 0.29) is 36.9 Å². The van der Waals surface area contributed by atoms with Crippen LogP contribution in [0.2, 0.25) is 0 Å². The van der Waals surface area contributed by atoms with E-state index in [2.05, 4.69) is 26.5 Å². The molecule has 0 amide bonds. The van der Waals surface area contributed by atoms with Gasteiger partial charge in [0.25, 0.3) is 0 Å². The summed E-state index contributed by atoms with van der Waals surface area (Å²) in [6.07, 6.45) is 14.3. The van der Waals surface area contributed by atoms with Gasteiger partial charge in [0.1, 0.15) is 18.3 Å². The minimum Gasteiger partial charge on any atom is -0.456 e. The van der Waals surface area contributed by atoms with Crippen LogP contribution in [0.1, 0.15) is 58.8 Å². The monoisotopic (exact) mass is 514 g/mol. The van der Waals surface area contributed by atoms with Gasteiger partial charge in [0.15, 0.2) is 0 Å². The molecule has 4 rings (SSSR count). The molecule has 1 saturated heterocycles. The Hall–Kier alpha value is -2.03. The van der Waals surface area contributed by atoms with E-state index in [4.69, 9.17) is 18.9 Å². The average Bonchev–Trinajstić information content (AvgIpc) is 3.61. The summed E-state index contributed by atoms with van der Waals surface area (Å²) in [4.78, 5) is 12.6. The van der Waals surface area contributed by atoms with E-state index in [1.54, 1.807) is 12.2 Å². The topological polar surface area (TPSA) is 97.8 Å². The van der Waals surface area contributed by atoms with E-state index in [1.165, 1.54) is 11.6 Å². The number of hydrogen-bond donors (Lipinski definition) is 2. The standard InChI is InChI=1S/C30H42O7/c1-19-12-13-34-23(15-19)10-11-25(31)27-18-28-30(37-28)26(32)17-21(3)14-20(2)16-24-8-4-6-22(35-24)7-5-9-29(33)36-27/h4-6,9-12,20,22-28,30-32H,3,7-8,13-18H2,1-2H3/b9-5-,11-10+/t20-,22-,23?,24-,25-,26-,27-,28-,30-/m0/s1. The van der Waals surface area contributed by atoms with Crippen LogP contribution in [0, 0.1) is 5.92 Å². The lowest BCUT2D eigenvalue weighted by atomic mass is 9.91. The maximum atomic E-state index is 12.6. The van der Waals surface area contributed by atoms with Crippen molar-refractivity contribution in [2.24, 2.45) is 5.92 Å². The third-order valence-corrected chi connectivity index (χ3v) is 7.44. The van der Waals surface area contributed by atoms with Gasteiger partial charge >= 0.3 is 5.97 Å². The number of rotatable bonds is 3. The summed E-state index contributed by atoms with van der Waals surface area (Å²) >= 11 is 0. The molecule has 2 N–H and O–H groups in total. The third kappa shape index (κ3) is 8.76. The quantitative estimate of drug-likeness (QED) is 0.332. The van der Waals surface area contributed by atoms with E-state index < -0.39 is 24.3 Å². The Kier molecular flexibility index (Phi) is 9.96. The first kappa shape index (κ1) is 28.0. The summed E-state index contributed by atoms with van der Waals surface area (Å²) < 4.78 is 23.4. The maximum Gasteiger partial charge on any atom is 0.330 e. The Balaban J connectivity index is 1.44. The van der Waals surface area contributed by atoms with Crippen LogP contribution in [0.15, 0.2) is 60.3 Å². The van der Waals surface area contributed by atoms with Crippen molar-refractivity contribution in [2.75, 3.05) is 6.61 Å². The lowest BCUT2D eigenvalue weighted by Gasteiger charge is -2.28. The smallest absolute Gasteiger partial charge is 0.330 e. The molecule has 2 bridgehead atoms. The number of esters is 1. The molecule has 204 valence electrons. The number of carbonyl (C=O) groups is 1. The Morgan fingerprint density at radius 1 is 1.14 bits per heavy atom. The van der Waals surface area contributed by atoms with Gasteiger partial charge < -0.3 is 29.2 Å². The fourth-order valence-corrected chi connectivity index (χ4v) is 5.45. The number of hydrogen-bond acceptors (Lipinski definition) is 7. The van der Waals surface area contributed by atoms with Crippen molar-refractivity contribution in [3.63, 3.8) is 0 Å². The molecule has 0 spiro atoms. The molecule has 0 saturated carbocycles. The molecule has 4 aliphatic heterocycles. The number of aliphatic hydroxyl groups is 2. The summed E-state index contributed by atoms with van der Waals surface area (Å²) in [5.74, 6) is -0.141. The zero-order chi connectivity index (χ0) is 26.4. The number of cyclic esters (lactones) is 1. The highest BCUT2D eigenvalue weighted by Gasteiger charge is 2.46. The van der Waals surface area contributed by atoms with Crippen LogP contribution in [0.25, 0.3) is 0 Å². The molecule has 4 aliphatic rings. The first-order valence-electron chi connectivity index (χ1n) is 13.6. The maximum absolute atomic E-state index is 12.6. The number of epoxide rings is 1. The molecule has 0 aromatic carbocycles. The highest BCUT2D eigenvalue weighted by Crippen LogP contribution is 2.35. The Morgan fingerprint density at radius 2 is 1.97 bits per heavy atom. The van der Waals surface area contributed by atoms with E-state index in [0.29, 0.717) is 25.4 Å². The second-order valence-electron chi connectivity index (χ2n) is 11.0.